The highest BCUT2D eigenvalue weighted by molar-refractivity contribution is 6.27. The van der Waals surface area contributed by atoms with Crippen molar-refractivity contribution >= 4 is 82.6 Å². The van der Waals surface area contributed by atoms with E-state index in [0.29, 0.717) is 105 Å². The topological polar surface area (TPSA) is 137 Å². The van der Waals surface area contributed by atoms with Crippen molar-refractivity contribution in [3.05, 3.63) is 196 Å². The molecule has 8 heteroatoms. The number of carbonyl (C=O) groups excluding carboxylic acids is 8. The van der Waals surface area contributed by atoms with E-state index in [4.69, 9.17) is 0 Å². The second-order valence-corrected chi connectivity index (χ2v) is 24.1. The summed E-state index contributed by atoms with van der Waals surface area (Å²) >= 11 is 0. The van der Waals surface area contributed by atoms with E-state index in [1.165, 1.54) is 0 Å². The standard InChI is InChI=1S/C72H58O8/c1-69(2,3)55-27-47(35-73)59(48(28-55)36-74)17-13-43-25-44(14-18-60-49(37-75)29-56(70(4,5)6)30-50(60)38-76)64-23-24-66-46(16-20-62-53(41-79)33-58(72(10,11)12)34-54(62)42-80)26-45(65-22-21-63(43)67(64)68(65)66)15-19-61-51(39-77)31-57(71(7,8)9)32-52(61)40-78/h21-42H,1-12H3. The van der Waals surface area contributed by atoms with Gasteiger partial charge in [0.25, 0.3) is 0 Å². The summed E-state index contributed by atoms with van der Waals surface area (Å²) in [5.41, 5.74) is 6.28. The Morgan fingerprint density at radius 3 is 0.550 bits per heavy atom. The molecule has 0 unspecified atom stereocenters. The van der Waals surface area contributed by atoms with Crippen LogP contribution in [0.4, 0.5) is 0 Å². The molecular formula is C72H58O8. The first-order valence-electron chi connectivity index (χ1n) is 26.0. The summed E-state index contributed by atoms with van der Waals surface area (Å²) in [6.07, 6.45) is 5.47. The van der Waals surface area contributed by atoms with Crippen LogP contribution in [-0.2, 0) is 21.7 Å². The van der Waals surface area contributed by atoms with E-state index in [1.807, 2.05) is 107 Å². The molecule has 394 valence electrons. The summed E-state index contributed by atoms with van der Waals surface area (Å²) in [7, 11) is 0. The highest BCUT2D eigenvalue weighted by Gasteiger charge is 2.24. The molecule has 0 atom stereocenters. The number of carbonyl (C=O) groups is 8. The Morgan fingerprint density at radius 1 is 0.250 bits per heavy atom. The average Bonchev–Trinajstić information content (AvgIpc) is 3.55. The summed E-state index contributed by atoms with van der Waals surface area (Å²) in [4.78, 5) is 102. The molecule has 0 aliphatic heterocycles. The van der Waals surface area contributed by atoms with Gasteiger partial charge in [-0.2, -0.15) is 0 Å². The Labute approximate surface area is 467 Å². The lowest BCUT2D eigenvalue weighted by atomic mass is 9.83. The Hall–Kier alpha value is -9.60. The van der Waals surface area contributed by atoms with Crippen molar-refractivity contribution in [3.63, 3.8) is 0 Å². The van der Waals surface area contributed by atoms with Crippen LogP contribution in [0.2, 0.25) is 0 Å². The van der Waals surface area contributed by atoms with Gasteiger partial charge in [0, 0.05) is 89.0 Å². The molecule has 8 aromatic rings. The predicted octanol–water partition coefficient (Wildman–Crippen LogP) is 13.9. The third kappa shape index (κ3) is 11.0. The molecule has 0 aliphatic rings. The van der Waals surface area contributed by atoms with E-state index in [1.54, 1.807) is 60.7 Å². The van der Waals surface area contributed by atoms with Gasteiger partial charge >= 0.3 is 0 Å². The Kier molecular flexibility index (Phi) is 15.3. The largest absolute Gasteiger partial charge is 0.298 e. The Bertz CT molecular complexity index is 3610. The maximum Gasteiger partial charge on any atom is 0.151 e. The van der Waals surface area contributed by atoms with Gasteiger partial charge in [0.05, 0.1) is 0 Å². The molecule has 8 aromatic carbocycles. The third-order valence-electron chi connectivity index (χ3n) is 14.5. The van der Waals surface area contributed by atoms with Crippen molar-refractivity contribution in [1.29, 1.82) is 0 Å². The molecule has 0 radical (unpaired) electrons. The molecular weight excluding hydrogens is 993 g/mol. The lowest BCUT2D eigenvalue weighted by Gasteiger charge is -2.20. The molecule has 80 heavy (non-hydrogen) atoms. The van der Waals surface area contributed by atoms with E-state index in [2.05, 4.69) is 47.4 Å². The normalized spacial score (nSPS) is 11.5. The number of aldehydes is 8. The molecule has 0 aliphatic carbocycles. The summed E-state index contributed by atoms with van der Waals surface area (Å²) < 4.78 is 0. The van der Waals surface area contributed by atoms with E-state index in [9.17, 15) is 38.4 Å². The highest BCUT2D eigenvalue weighted by atomic mass is 16.1. The van der Waals surface area contributed by atoms with Gasteiger partial charge in [0.2, 0.25) is 0 Å². The first kappa shape index (κ1) is 56.6. The second kappa shape index (κ2) is 21.7. The molecule has 0 heterocycles. The zero-order chi connectivity index (χ0) is 58.2. The van der Waals surface area contributed by atoms with Crippen LogP contribution in [-0.4, -0.2) is 50.3 Å². The zero-order valence-corrected chi connectivity index (χ0v) is 47.0. The highest BCUT2D eigenvalue weighted by Crippen LogP contribution is 2.41. The van der Waals surface area contributed by atoms with Crippen LogP contribution in [0.25, 0.3) is 32.3 Å². The Balaban J connectivity index is 1.53. The molecule has 0 bridgehead atoms. The molecule has 0 saturated carbocycles. The quantitative estimate of drug-likeness (QED) is 0.0833. The van der Waals surface area contributed by atoms with E-state index < -0.39 is 0 Å². The van der Waals surface area contributed by atoms with Crippen LogP contribution in [0.15, 0.2) is 84.9 Å². The number of benzene rings is 8. The van der Waals surface area contributed by atoms with Crippen LogP contribution in [0.1, 0.15) is 233 Å². The minimum absolute atomic E-state index is 0.237. The van der Waals surface area contributed by atoms with Crippen molar-refractivity contribution in [2.75, 3.05) is 0 Å². The van der Waals surface area contributed by atoms with Gasteiger partial charge in [0.1, 0.15) is 0 Å². The van der Waals surface area contributed by atoms with Gasteiger partial charge in [-0.15, -0.1) is 0 Å². The predicted molar refractivity (Wildman–Crippen MR) is 318 cm³/mol. The minimum Gasteiger partial charge on any atom is -0.298 e. The maximum atomic E-state index is 12.7. The van der Waals surface area contributed by atoms with Gasteiger partial charge in [-0.05, 0) is 137 Å². The first-order chi connectivity index (χ1) is 37.8. The van der Waals surface area contributed by atoms with Gasteiger partial charge < -0.3 is 0 Å². The van der Waals surface area contributed by atoms with Crippen LogP contribution in [0.5, 0.6) is 0 Å². The van der Waals surface area contributed by atoms with Crippen molar-refractivity contribution in [1.82, 2.24) is 0 Å². The summed E-state index contributed by atoms with van der Waals surface area (Å²) in [6.45, 7) is 23.8. The fourth-order valence-corrected chi connectivity index (χ4v) is 9.73. The number of hydrogen-bond donors (Lipinski definition) is 0. The van der Waals surface area contributed by atoms with E-state index >= 15 is 0 Å². The molecule has 8 rings (SSSR count). The summed E-state index contributed by atoms with van der Waals surface area (Å²) in [5.74, 6) is 25.9. The molecule has 0 spiro atoms. The number of rotatable bonds is 8. The molecule has 8 nitrogen and oxygen atoms in total. The maximum absolute atomic E-state index is 12.7. The van der Waals surface area contributed by atoms with Gasteiger partial charge in [-0.1, -0.05) is 155 Å². The summed E-state index contributed by atoms with van der Waals surface area (Å²) in [6, 6.07) is 25.0. The fourth-order valence-electron chi connectivity index (χ4n) is 9.73. The SMILES string of the molecule is CC(C)(C)c1cc(C=O)c(C#Cc2cc(C#Cc3c(C=O)cc(C(C)(C)C)cc3C=O)c3ccc4c(C#Cc5c(C=O)cc(C(C)(C)C)cc5C=O)cc(C#Cc5c(C=O)cc(C(C)(C)C)cc5C=O)c5ccc2c3c54)c(C=O)c1. The molecule has 0 saturated heterocycles. The van der Waals surface area contributed by atoms with Crippen LogP contribution < -0.4 is 0 Å². The second-order valence-electron chi connectivity index (χ2n) is 24.1. The first-order valence-corrected chi connectivity index (χ1v) is 26.0. The Morgan fingerprint density at radius 2 is 0.412 bits per heavy atom. The van der Waals surface area contributed by atoms with Gasteiger partial charge in [-0.3, -0.25) is 38.4 Å². The van der Waals surface area contributed by atoms with Crippen LogP contribution in [0.3, 0.4) is 0 Å². The smallest absolute Gasteiger partial charge is 0.151 e. The fraction of sp³-hybridized carbons (Fsp3) is 0.222. The minimum atomic E-state index is -0.386. The molecule has 0 aromatic heterocycles. The summed E-state index contributed by atoms with van der Waals surface area (Å²) in [5, 5.41) is 3.93. The van der Waals surface area contributed by atoms with Crippen molar-refractivity contribution in [2.45, 2.75) is 105 Å². The van der Waals surface area contributed by atoms with Crippen molar-refractivity contribution < 1.29 is 38.4 Å². The van der Waals surface area contributed by atoms with E-state index in [0.717, 1.165) is 22.3 Å². The van der Waals surface area contributed by atoms with Crippen molar-refractivity contribution in [3.8, 4) is 47.4 Å². The molecule has 0 fully saturated rings. The average molecular weight is 1050 g/mol. The van der Waals surface area contributed by atoms with Crippen LogP contribution in [0, 0.1) is 47.4 Å². The number of hydrogen-bond acceptors (Lipinski definition) is 8. The van der Waals surface area contributed by atoms with Gasteiger partial charge in [-0.25, -0.2) is 0 Å². The lowest BCUT2D eigenvalue weighted by Crippen LogP contribution is -2.13. The monoisotopic (exact) mass is 1050 g/mol. The lowest BCUT2D eigenvalue weighted by molar-refractivity contribution is 0.110. The van der Waals surface area contributed by atoms with E-state index in [-0.39, 0.29) is 88.4 Å². The molecule has 0 amide bonds. The van der Waals surface area contributed by atoms with Crippen molar-refractivity contribution in [2.24, 2.45) is 0 Å². The van der Waals surface area contributed by atoms with Gasteiger partial charge in [0.15, 0.2) is 50.3 Å². The molecule has 0 N–H and O–H groups in total. The van der Waals surface area contributed by atoms with Crippen LogP contribution >= 0.6 is 0 Å². The zero-order valence-electron chi connectivity index (χ0n) is 47.0. The third-order valence-corrected chi connectivity index (χ3v) is 14.5.